The largest absolute Gasteiger partial charge is 0.516 e. The number of para-hydroxylation sites is 2. The van der Waals surface area contributed by atoms with Gasteiger partial charge in [-0.25, -0.2) is 4.79 Å². The zero-order valence-electron chi connectivity index (χ0n) is 26.0. The number of piperidine rings is 1. The molecule has 12 heteroatoms. The molecular formula is C36H34Cl2N2O8. The van der Waals surface area contributed by atoms with Crippen LogP contribution in [0.5, 0.6) is 11.5 Å². The number of hydrogen-bond acceptors (Lipinski definition) is 10. The van der Waals surface area contributed by atoms with Crippen LogP contribution in [-0.2, 0) is 37.3 Å². The Morgan fingerprint density at radius 3 is 2.60 bits per heavy atom. The Hall–Kier alpha value is -3.83. The van der Waals surface area contributed by atoms with E-state index < -0.39 is 36.0 Å². The van der Waals surface area contributed by atoms with E-state index in [0.717, 1.165) is 24.2 Å². The number of nitrogens with one attached hydrogen (secondary N) is 1. The van der Waals surface area contributed by atoms with Crippen LogP contribution < -0.4 is 14.8 Å². The van der Waals surface area contributed by atoms with Crippen molar-refractivity contribution >= 4 is 52.5 Å². The molecule has 8 rings (SSSR count). The number of carbonyl (C=O) groups is 3. The normalized spacial score (nSPS) is 26.7. The number of benzene rings is 3. The Labute approximate surface area is 287 Å². The van der Waals surface area contributed by atoms with Gasteiger partial charge in [-0.05, 0) is 80.0 Å². The summed E-state index contributed by atoms with van der Waals surface area (Å²) in [5.74, 6) is 0.387. The molecule has 10 nitrogen and oxygen atoms in total. The lowest BCUT2D eigenvalue weighted by Gasteiger charge is -2.62. The minimum atomic E-state index is -1.13. The number of likely N-dealkylation sites (tertiary alicyclic amines) is 1. The highest BCUT2D eigenvalue weighted by atomic mass is 35.5. The highest BCUT2D eigenvalue weighted by Crippen LogP contribution is 2.65. The number of rotatable bonds is 9. The van der Waals surface area contributed by atoms with Crippen LogP contribution in [0.2, 0.25) is 10.0 Å². The fraction of sp³-hybridized carbons (Fsp3) is 0.417. The average molecular weight is 694 g/mol. The predicted octanol–water partition coefficient (Wildman–Crippen LogP) is 6.13. The van der Waals surface area contributed by atoms with Gasteiger partial charge in [0.15, 0.2) is 23.4 Å². The molecule has 0 radical (unpaired) electrons. The van der Waals surface area contributed by atoms with Crippen molar-refractivity contribution in [1.82, 2.24) is 4.90 Å². The summed E-state index contributed by atoms with van der Waals surface area (Å²) in [5.41, 5.74) is 1.49. The molecule has 3 aromatic rings. The third-order valence-electron chi connectivity index (χ3n) is 10.7. The molecule has 0 amide bonds. The standard InChI is InChI=1S/C36H34Cl2N2O8/c37-23-5-3-6-24(38)31(23)39-25-7-2-1-4-21(25)17-29(42)45-19-46-34(43)47-27-11-10-22-16-28-36(44)13-12-26(41)33-35(36,30(22)32(27)48-33)14-15-40(28)18-20-8-9-20/h1-7,10-11,20,28,33,39,44H,8-9,12-19H2/t28-,33?,35+,36-/m1/s1. The number of anilines is 2. The second-order valence-electron chi connectivity index (χ2n) is 13.4. The van der Waals surface area contributed by atoms with E-state index in [0.29, 0.717) is 57.9 Å². The minimum Gasteiger partial charge on any atom is -0.477 e. The number of esters is 1. The van der Waals surface area contributed by atoms with Crippen LogP contribution >= 0.6 is 23.2 Å². The zero-order valence-corrected chi connectivity index (χ0v) is 27.5. The smallest absolute Gasteiger partial charge is 0.477 e. The first-order valence-corrected chi connectivity index (χ1v) is 17.0. The first-order chi connectivity index (χ1) is 23.2. The third-order valence-corrected chi connectivity index (χ3v) is 11.3. The highest BCUT2D eigenvalue weighted by Gasteiger charge is 2.73. The highest BCUT2D eigenvalue weighted by molar-refractivity contribution is 6.39. The van der Waals surface area contributed by atoms with Crippen LogP contribution in [0.3, 0.4) is 0 Å². The lowest BCUT2D eigenvalue weighted by molar-refractivity contribution is -0.188. The number of ether oxygens (including phenoxy) is 4. The number of carbonyl (C=O) groups excluding carboxylic acids is 3. The summed E-state index contributed by atoms with van der Waals surface area (Å²) in [6.45, 7) is 1.06. The van der Waals surface area contributed by atoms with E-state index in [4.69, 9.17) is 42.1 Å². The Morgan fingerprint density at radius 1 is 1.02 bits per heavy atom. The van der Waals surface area contributed by atoms with Crippen LogP contribution in [0.25, 0.3) is 0 Å². The topological polar surface area (TPSA) is 124 Å². The number of hydrogen-bond donors (Lipinski definition) is 2. The van der Waals surface area contributed by atoms with Crippen molar-refractivity contribution in [3.8, 4) is 11.5 Å². The predicted molar refractivity (Wildman–Crippen MR) is 176 cm³/mol. The molecule has 2 aliphatic heterocycles. The summed E-state index contributed by atoms with van der Waals surface area (Å²) in [7, 11) is 0. The van der Waals surface area contributed by atoms with Gasteiger partial charge in [0.05, 0.1) is 33.2 Å². The lowest BCUT2D eigenvalue weighted by atomic mass is 9.49. The summed E-state index contributed by atoms with van der Waals surface area (Å²) < 4.78 is 22.2. The molecular weight excluding hydrogens is 659 g/mol. The molecule has 48 heavy (non-hydrogen) atoms. The molecule has 2 saturated carbocycles. The van der Waals surface area contributed by atoms with Crippen molar-refractivity contribution in [1.29, 1.82) is 0 Å². The third kappa shape index (κ3) is 5.12. The van der Waals surface area contributed by atoms with Gasteiger partial charge in [0.2, 0.25) is 6.79 Å². The van der Waals surface area contributed by atoms with Gasteiger partial charge in [0.1, 0.15) is 0 Å². The molecule has 1 saturated heterocycles. The Bertz CT molecular complexity index is 1810. The van der Waals surface area contributed by atoms with Crippen LogP contribution in [-0.4, -0.2) is 65.5 Å². The number of aliphatic hydroxyl groups is 1. The second-order valence-corrected chi connectivity index (χ2v) is 14.2. The molecule has 3 aliphatic carbocycles. The lowest BCUT2D eigenvalue weighted by Crippen LogP contribution is -2.76. The first kappa shape index (κ1) is 31.4. The van der Waals surface area contributed by atoms with E-state index >= 15 is 0 Å². The molecule has 3 fully saturated rings. The molecule has 0 aromatic heterocycles. The monoisotopic (exact) mass is 692 g/mol. The first-order valence-electron chi connectivity index (χ1n) is 16.3. The fourth-order valence-corrected chi connectivity index (χ4v) is 8.84. The number of halogens is 2. The second kappa shape index (κ2) is 11.9. The van der Waals surface area contributed by atoms with Crippen molar-refractivity contribution in [3.05, 3.63) is 81.3 Å². The molecule has 3 aromatic carbocycles. The van der Waals surface area contributed by atoms with Crippen LogP contribution in [0.1, 0.15) is 48.8 Å². The molecule has 2 N–H and O–H groups in total. The van der Waals surface area contributed by atoms with E-state index in [1.54, 1.807) is 48.5 Å². The number of ketones is 1. The van der Waals surface area contributed by atoms with E-state index in [2.05, 4.69) is 10.2 Å². The summed E-state index contributed by atoms with van der Waals surface area (Å²) in [5, 5.41) is 16.4. The number of nitrogens with zero attached hydrogens (tertiary/aromatic N) is 1. The van der Waals surface area contributed by atoms with E-state index in [9.17, 15) is 19.5 Å². The van der Waals surface area contributed by atoms with Crippen molar-refractivity contribution < 1.29 is 38.4 Å². The summed E-state index contributed by atoms with van der Waals surface area (Å²) in [4.78, 5) is 41.2. The minimum absolute atomic E-state index is 0.0507. The van der Waals surface area contributed by atoms with E-state index in [-0.39, 0.29) is 30.4 Å². The van der Waals surface area contributed by atoms with Crippen molar-refractivity contribution in [3.63, 3.8) is 0 Å². The maximum atomic E-state index is 13.3. The summed E-state index contributed by atoms with van der Waals surface area (Å²) in [6.07, 6.45) is 2.20. The van der Waals surface area contributed by atoms with Gasteiger partial charge >= 0.3 is 12.1 Å². The van der Waals surface area contributed by atoms with Crippen LogP contribution in [0.15, 0.2) is 54.6 Å². The SMILES string of the molecule is O=C(Cc1ccccc1Nc1c(Cl)cccc1Cl)OCOC(=O)Oc1ccc2c3c1OC1C(=O)CC[C@@]4(O)[C@@H](C2)N(CC2CC2)CC[C@]314. The van der Waals surface area contributed by atoms with Crippen molar-refractivity contribution in [2.45, 2.75) is 68.1 Å². The summed E-state index contributed by atoms with van der Waals surface area (Å²) in [6, 6.07) is 15.7. The fourth-order valence-electron chi connectivity index (χ4n) is 8.35. The molecule has 4 atom stereocenters. The molecule has 1 unspecified atom stereocenters. The van der Waals surface area contributed by atoms with Gasteiger partial charge in [0.25, 0.3) is 0 Å². The molecule has 5 aliphatic rings. The maximum Gasteiger partial charge on any atom is 0.516 e. The Kier molecular flexibility index (Phi) is 7.82. The summed E-state index contributed by atoms with van der Waals surface area (Å²) >= 11 is 12.6. The van der Waals surface area contributed by atoms with Crippen molar-refractivity contribution in [2.24, 2.45) is 5.92 Å². The molecule has 250 valence electrons. The Morgan fingerprint density at radius 2 is 1.81 bits per heavy atom. The van der Waals surface area contributed by atoms with Gasteiger partial charge in [-0.2, -0.15) is 0 Å². The van der Waals surface area contributed by atoms with Gasteiger partial charge in [-0.1, -0.05) is 53.5 Å². The molecule has 1 spiro atoms. The average Bonchev–Trinajstić information content (AvgIpc) is 3.80. The van der Waals surface area contributed by atoms with Gasteiger partial charge in [-0.3, -0.25) is 14.5 Å². The zero-order chi connectivity index (χ0) is 33.2. The van der Waals surface area contributed by atoms with Crippen LogP contribution in [0, 0.1) is 5.92 Å². The van der Waals surface area contributed by atoms with E-state index in [1.165, 1.54) is 12.8 Å². The van der Waals surface area contributed by atoms with Crippen LogP contribution in [0.4, 0.5) is 16.2 Å². The molecule has 2 heterocycles. The van der Waals surface area contributed by atoms with Crippen molar-refractivity contribution in [2.75, 3.05) is 25.2 Å². The van der Waals surface area contributed by atoms with Gasteiger partial charge < -0.3 is 29.4 Å². The number of Topliss-reactive ketones (excluding diaryl/α,β-unsaturated/α-hetero) is 1. The Balaban J connectivity index is 0.938. The maximum absolute atomic E-state index is 13.3. The quantitative estimate of drug-likeness (QED) is 0.154. The molecule has 2 bridgehead atoms. The van der Waals surface area contributed by atoms with Gasteiger partial charge in [-0.15, -0.1) is 0 Å². The van der Waals surface area contributed by atoms with E-state index in [1.807, 2.05) is 6.07 Å². The van der Waals surface area contributed by atoms with Gasteiger partial charge in [0, 0.05) is 30.3 Å².